The Morgan fingerprint density at radius 1 is 0.927 bits per heavy atom. The molecular weight excluding hydrogens is 576 g/mol. The fourth-order valence-corrected chi connectivity index (χ4v) is 5.49. The molecule has 0 radical (unpaired) electrons. The minimum Gasteiger partial charge on any atom is -0.356 e. The third kappa shape index (κ3) is 5.23. The Hall–Kier alpha value is -3.72. The molecule has 1 aromatic carbocycles. The number of hydrogen-bond donors (Lipinski definition) is 2. The molecule has 41 heavy (non-hydrogen) atoms. The zero-order valence-electron chi connectivity index (χ0n) is 21.4. The number of anilines is 2. The number of nitrogens with one attached hydrogen (secondary N) is 2. The Morgan fingerprint density at radius 3 is 2.24 bits per heavy atom. The van der Waals surface area contributed by atoms with Crippen LogP contribution in [-0.4, -0.2) is 62.1 Å². The molecule has 5 heterocycles. The molecule has 2 aliphatic rings. The first-order valence-electron chi connectivity index (χ1n) is 12.7. The van der Waals surface area contributed by atoms with Crippen LogP contribution in [0.5, 0.6) is 0 Å². The smallest absolute Gasteiger partial charge is 0.356 e. The third-order valence-corrected chi connectivity index (χ3v) is 7.34. The molecule has 216 valence electrons. The second kappa shape index (κ2) is 9.98. The quantitative estimate of drug-likeness (QED) is 0.326. The molecule has 9 nitrogen and oxygen atoms in total. The number of rotatable bonds is 3. The first-order valence-corrected chi connectivity index (χ1v) is 13.0. The summed E-state index contributed by atoms with van der Waals surface area (Å²) in [6.45, 7) is 4.13. The van der Waals surface area contributed by atoms with Gasteiger partial charge in [-0.25, -0.2) is 15.0 Å². The molecule has 0 aliphatic carbocycles. The maximum Gasteiger partial charge on any atom is 0.451 e. The lowest BCUT2D eigenvalue weighted by atomic mass is 9.94. The Morgan fingerprint density at radius 2 is 1.61 bits per heavy atom. The largest absolute Gasteiger partial charge is 0.451 e. The van der Waals surface area contributed by atoms with E-state index in [9.17, 15) is 26.3 Å². The Balaban J connectivity index is 1.49. The van der Waals surface area contributed by atoms with Crippen molar-refractivity contribution in [2.75, 3.05) is 36.0 Å². The first kappa shape index (κ1) is 27.4. The standard InChI is InChI=1S/C25H22ClF6N9/c1-12-11-40(7-5-33-12)22-34-9-13(10-35-22)19-18-15(16-8-14(26)2-3-17(16)36-18)4-6-41(19)23-38-20(24(27,28)29)37-21(39-23)25(30,31)32/h2-3,8-10,12,19,33,36H,4-7,11H2,1H3/t12-,19?/m1/s1. The van der Waals surface area contributed by atoms with Crippen LogP contribution >= 0.6 is 11.6 Å². The highest BCUT2D eigenvalue weighted by Gasteiger charge is 2.43. The van der Waals surface area contributed by atoms with E-state index in [2.05, 4.69) is 35.2 Å². The van der Waals surface area contributed by atoms with Crippen LogP contribution in [0.15, 0.2) is 30.6 Å². The average Bonchev–Trinajstić information content (AvgIpc) is 3.29. The molecule has 0 amide bonds. The topological polar surface area (TPSA) is 98.8 Å². The number of hydrogen-bond acceptors (Lipinski definition) is 8. The number of nitrogens with zero attached hydrogens (tertiary/aromatic N) is 7. The summed E-state index contributed by atoms with van der Waals surface area (Å²) in [6, 6.07) is 4.50. The van der Waals surface area contributed by atoms with Crippen molar-refractivity contribution in [1.82, 2.24) is 35.2 Å². The van der Waals surface area contributed by atoms with Crippen LogP contribution in [0.4, 0.5) is 38.2 Å². The lowest BCUT2D eigenvalue weighted by Gasteiger charge is -2.36. The van der Waals surface area contributed by atoms with Gasteiger partial charge in [-0.3, -0.25) is 0 Å². The van der Waals surface area contributed by atoms with E-state index < -0.39 is 36.0 Å². The zero-order chi connectivity index (χ0) is 29.1. The van der Waals surface area contributed by atoms with E-state index in [1.165, 1.54) is 17.3 Å². The van der Waals surface area contributed by atoms with Gasteiger partial charge in [-0.1, -0.05) is 11.6 Å². The second-order valence-electron chi connectivity index (χ2n) is 9.95. The summed E-state index contributed by atoms with van der Waals surface area (Å²) in [5.41, 5.74) is 2.51. The molecule has 1 saturated heterocycles. The summed E-state index contributed by atoms with van der Waals surface area (Å²) in [4.78, 5) is 25.1. The molecule has 16 heteroatoms. The Bertz CT molecular complexity index is 1560. The highest BCUT2D eigenvalue weighted by atomic mass is 35.5. The summed E-state index contributed by atoms with van der Waals surface area (Å²) in [6.07, 6.45) is -7.12. The van der Waals surface area contributed by atoms with Gasteiger partial charge in [-0.15, -0.1) is 0 Å². The molecule has 6 rings (SSSR count). The van der Waals surface area contributed by atoms with Gasteiger partial charge in [0.25, 0.3) is 0 Å². The predicted octanol–water partition coefficient (Wildman–Crippen LogP) is 4.78. The van der Waals surface area contributed by atoms with Crippen LogP contribution < -0.4 is 15.1 Å². The summed E-state index contributed by atoms with van der Waals surface area (Å²) >= 11 is 6.22. The van der Waals surface area contributed by atoms with Gasteiger partial charge < -0.3 is 20.1 Å². The van der Waals surface area contributed by atoms with E-state index in [4.69, 9.17) is 11.6 Å². The van der Waals surface area contributed by atoms with Gasteiger partial charge in [0, 0.05) is 71.8 Å². The Kier molecular flexibility index (Phi) is 6.68. The summed E-state index contributed by atoms with van der Waals surface area (Å²) in [7, 11) is 0. The van der Waals surface area contributed by atoms with Crippen molar-refractivity contribution < 1.29 is 26.3 Å². The fourth-order valence-electron chi connectivity index (χ4n) is 5.32. The number of alkyl halides is 6. The summed E-state index contributed by atoms with van der Waals surface area (Å²) in [5.74, 6) is -4.15. The molecule has 2 N–H and O–H groups in total. The lowest BCUT2D eigenvalue weighted by molar-refractivity contribution is -0.155. The minimum atomic E-state index is -5.23. The van der Waals surface area contributed by atoms with Gasteiger partial charge in [0.05, 0.1) is 0 Å². The van der Waals surface area contributed by atoms with Gasteiger partial charge in [0.15, 0.2) is 0 Å². The van der Waals surface area contributed by atoms with Crippen molar-refractivity contribution in [3.8, 4) is 0 Å². The van der Waals surface area contributed by atoms with E-state index in [-0.39, 0.29) is 19.0 Å². The molecular formula is C25H22ClF6N9. The van der Waals surface area contributed by atoms with Crippen LogP contribution in [0, 0.1) is 0 Å². The van der Waals surface area contributed by atoms with E-state index in [1.807, 2.05) is 11.8 Å². The van der Waals surface area contributed by atoms with Crippen molar-refractivity contribution in [2.45, 2.75) is 37.8 Å². The molecule has 2 aliphatic heterocycles. The van der Waals surface area contributed by atoms with E-state index in [0.717, 1.165) is 17.5 Å². The molecule has 1 unspecified atom stereocenters. The number of aromatic nitrogens is 6. The van der Waals surface area contributed by atoms with Crippen LogP contribution in [0.3, 0.4) is 0 Å². The average molecular weight is 598 g/mol. The highest BCUT2D eigenvalue weighted by Crippen LogP contribution is 2.41. The van der Waals surface area contributed by atoms with Crippen molar-refractivity contribution in [3.63, 3.8) is 0 Å². The number of halogens is 7. The number of piperazine rings is 1. The van der Waals surface area contributed by atoms with Gasteiger partial charge in [-0.2, -0.15) is 36.3 Å². The van der Waals surface area contributed by atoms with Crippen molar-refractivity contribution >= 4 is 34.4 Å². The van der Waals surface area contributed by atoms with Gasteiger partial charge >= 0.3 is 12.4 Å². The normalized spacial score (nSPS) is 20.0. The molecule has 3 aromatic heterocycles. The maximum atomic E-state index is 13.6. The number of aromatic amines is 1. The predicted molar refractivity (Wildman–Crippen MR) is 138 cm³/mol. The second-order valence-corrected chi connectivity index (χ2v) is 10.4. The number of H-pyrrole nitrogens is 1. The van der Waals surface area contributed by atoms with Crippen molar-refractivity contribution in [2.24, 2.45) is 0 Å². The van der Waals surface area contributed by atoms with Gasteiger partial charge in [0.1, 0.15) is 6.04 Å². The molecule has 0 saturated carbocycles. The van der Waals surface area contributed by atoms with Gasteiger partial charge in [-0.05, 0) is 37.1 Å². The Labute approximate surface area is 234 Å². The van der Waals surface area contributed by atoms with Crippen LogP contribution in [0.1, 0.15) is 41.4 Å². The maximum absolute atomic E-state index is 13.6. The van der Waals surface area contributed by atoms with E-state index in [0.29, 0.717) is 40.8 Å². The van der Waals surface area contributed by atoms with Gasteiger partial charge in [0.2, 0.25) is 23.5 Å². The summed E-state index contributed by atoms with van der Waals surface area (Å²) in [5, 5.41) is 4.61. The summed E-state index contributed by atoms with van der Waals surface area (Å²) < 4.78 is 81.6. The lowest BCUT2D eigenvalue weighted by Crippen LogP contribution is -2.49. The number of benzene rings is 1. The fraction of sp³-hybridized carbons (Fsp3) is 0.400. The van der Waals surface area contributed by atoms with Crippen LogP contribution in [0.2, 0.25) is 5.02 Å². The zero-order valence-corrected chi connectivity index (χ0v) is 22.1. The minimum absolute atomic E-state index is 0.00675. The van der Waals surface area contributed by atoms with Crippen molar-refractivity contribution in [3.05, 3.63) is 64.1 Å². The molecule has 0 bridgehead atoms. The van der Waals surface area contributed by atoms with E-state index in [1.54, 1.807) is 18.2 Å². The monoisotopic (exact) mass is 597 g/mol. The van der Waals surface area contributed by atoms with Crippen LogP contribution in [0.25, 0.3) is 10.9 Å². The molecule has 4 aromatic rings. The van der Waals surface area contributed by atoms with Crippen molar-refractivity contribution in [1.29, 1.82) is 0 Å². The molecule has 1 fully saturated rings. The van der Waals surface area contributed by atoms with E-state index >= 15 is 0 Å². The SMILES string of the molecule is C[C@@H]1CN(c2ncc(C3c4[nH]c5ccc(Cl)cc5c4CCN3c3nc(C(F)(F)F)nc(C(F)(F)F)n3)cn2)CCN1. The molecule has 2 atom stereocenters. The first-order chi connectivity index (χ1) is 19.4. The van der Waals surface area contributed by atoms with Crippen LogP contribution in [-0.2, 0) is 18.8 Å². The highest BCUT2D eigenvalue weighted by molar-refractivity contribution is 6.31. The molecule has 0 spiro atoms. The third-order valence-electron chi connectivity index (χ3n) is 7.10. The number of fused-ring (bicyclic) bond motifs is 3.